The van der Waals surface area contributed by atoms with Crippen LogP contribution in [0.4, 0.5) is 24.5 Å². The third-order valence-corrected chi connectivity index (χ3v) is 5.38. The van der Waals surface area contributed by atoms with Crippen LogP contribution in [0.1, 0.15) is 32.1 Å². The van der Waals surface area contributed by atoms with Gasteiger partial charge in [-0.1, -0.05) is 12.1 Å². The number of hydrogen-bond acceptors (Lipinski definition) is 6. The number of carbonyl (C=O) groups is 2. The average Bonchev–Trinajstić information content (AvgIpc) is 3.35. The van der Waals surface area contributed by atoms with E-state index in [2.05, 4.69) is 15.4 Å². The van der Waals surface area contributed by atoms with Crippen LogP contribution < -0.4 is 15.1 Å². The standard InChI is InChI=1S/C25H23F3N4O4/c1-13-12-29-23(35-13)19-11-18(8-9-20(19)36-15(3)26)32-24(34)21(14(2)31-32)22(33)30-17-7-5-6-16(10-17)25(4,27)28/h5-12,15,21H,1-4H3,(H,30,33). The number of hydrazone groups is 1. The first-order valence-electron chi connectivity index (χ1n) is 11.0. The minimum absolute atomic E-state index is 0.126. The van der Waals surface area contributed by atoms with Gasteiger partial charge in [-0.25, -0.2) is 18.2 Å². The van der Waals surface area contributed by atoms with Gasteiger partial charge in [0, 0.05) is 25.1 Å². The van der Waals surface area contributed by atoms with Crippen molar-refractivity contribution in [2.75, 3.05) is 10.3 Å². The Bertz CT molecular complexity index is 1350. The number of nitrogens with zero attached hydrogens (tertiary/aromatic N) is 3. The number of hydrogen-bond donors (Lipinski definition) is 1. The van der Waals surface area contributed by atoms with E-state index in [9.17, 15) is 22.8 Å². The number of ether oxygens (including phenoxy) is 1. The molecule has 0 saturated carbocycles. The highest BCUT2D eigenvalue weighted by Gasteiger charge is 2.40. The Morgan fingerprint density at radius 3 is 2.61 bits per heavy atom. The van der Waals surface area contributed by atoms with Crippen LogP contribution in [-0.2, 0) is 15.5 Å². The lowest BCUT2D eigenvalue weighted by Gasteiger charge is -2.17. The molecule has 0 bridgehead atoms. The minimum Gasteiger partial charge on any atom is -0.460 e. The summed E-state index contributed by atoms with van der Waals surface area (Å²) in [6.45, 7) is 5.17. The van der Waals surface area contributed by atoms with Crippen LogP contribution >= 0.6 is 0 Å². The summed E-state index contributed by atoms with van der Waals surface area (Å²) in [6, 6.07) is 9.66. The van der Waals surface area contributed by atoms with Gasteiger partial charge in [-0.05, 0) is 44.2 Å². The van der Waals surface area contributed by atoms with Gasteiger partial charge in [-0.3, -0.25) is 9.59 Å². The van der Waals surface area contributed by atoms with Crippen LogP contribution in [0, 0.1) is 12.8 Å². The Morgan fingerprint density at radius 1 is 1.22 bits per heavy atom. The van der Waals surface area contributed by atoms with Crippen molar-refractivity contribution >= 4 is 28.9 Å². The van der Waals surface area contributed by atoms with Gasteiger partial charge >= 0.3 is 0 Å². The number of halogens is 3. The molecular weight excluding hydrogens is 477 g/mol. The van der Waals surface area contributed by atoms with Gasteiger partial charge in [0.15, 0.2) is 5.92 Å². The highest BCUT2D eigenvalue weighted by atomic mass is 19.3. The summed E-state index contributed by atoms with van der Waals surface area (Å²) in [5.74, 6) is -4.91. The molecule has 1 aliphatic heterocycles. The third kappa shape index (κ3) is 5.09. The zero-order valence-electron chi connectivity index (χ0n) is 19.9. The lowest BCUT2D eigenvalue weighted by Crippen LogP contribution is -2.36. The number of aryl methyl sites for hydroxylation is 1. The highest BCUT2D eigenvalue weighted by molar-refractivity contribution is 6.28. The zero-order valence-corrected chi connectivity index (χ0v) is 19.9. The average molecular weight is 500 g/mol. The summed E-state index contributed by atoms with van der Waals surface area (Å²) in [7, 11) is 0. The summed E-state index contributed by atoms with van der Waals surface area (Å²) in [5.41, 5.74) is 0.620. The molecular formula is C25H23F3N4O4. The molecule has 2 amide bonds. The number of alkyl halides is 3. The monoisotopic (exact) mass is 500 g/mol. The van der Waals surface area contributed by atoms with E-state index in [1.165, 1.54) is 56.4 Å². The van der Waals surface area contributed by atoms with E-state index in [0.29, 0.717) is 5.76 Å². The van der Waals surface area contributed by atoms with Crippen molar-refractivity contribution < 1.29 is 31.9 Å². The van der Waals surface area contributed by atoms with Gasteiger partial charge in [-0.15, -0.1) is 0 Å². The molecule has 11 heteroatoms. The van der Waals surface area contributed by atoms with Crippen LogP contribution in [-0.4, -0.2) is 28.9 Å². The number of nitrogens with one attached hydrogen (secondary N) is 1. The van der Waals surface area contributed by atoms with Crippen LogP contribution in [0.25, 0.3) is 11.5 Å². The molecule has 0 fully saturated rings. The molecule has 188 valence electrons. The van der Waals surface area contributed by atoms with E-state index in [1.54, 1.807) is 6.92 Å². The topological polar surface area (TPSA) is 97.0 Å². The molecule has 0 radical (unpaired) electrons. The zero-order chi connectivity index (χ0) is 26.2. The van der Waals surface area contributed by atoms with E-state index in [1.807, 2.05) is 0 Å². The summed E-state index contributed by atoms with van der Waals surface area (Å²) in [5, 5.41) is 7.78. The predicted molar refractivity (Wildman–Crippen MR) is 127 cm³/mol. The minimum atomic E-state index is -3.09. The van der Waals surface area contributed by atoms with Crippen molar-refractivity contribution in [1.82, 2.24) is 4.98 Å². The SMILES string of the molecule is CC1=NN(c2ccc(OC(C)F)c(-c3ncc(C)o3)c2)C(=O)C1C(=O)Nc1cccc(C(C)(F)F)c1. The summed E-state index contributed by atoms with van der Waals surface area (Å²) in [6.07, 6.45) is -0.129. The number of carbonyl (C=O) groups excluding carboxylic acids is 2. The Labute approximate surface area is 204 Å². The smallest absolute Gasteiger partial charge is 0.270 e. The quantitative estimate of drug-likeness (QED) is 0.436. The maximum atomic E-state index is 13.7. The molecule has 36 heavy (non-hydrogen) atoms. The number of amides is 2. The Morgan fingerprint density at radius 2 is 1.97 bits per heavy atom. The van der Waals surface area contributed by atoms with Gasteiger partial charge in [0.2, 0.25) is 18.2 Å². The maximum Gasteiger partial charge on any atom is 0.270 e. The van der Waals surface area contributed by atoms with Gasteiger partial charge in [-0.2, -0.15) is 10.1 Å². The number of anilines is 2. The molecule has 2 atom stereocenters. The second-order valence-electron chi connectivity index (χ2n) is 8.40. The van der Waals surface area contributed by atoms with E-state index >= 15 is 0 Å². The fraction of sp³-hybridized carbons (Fsp3) is 0.280. The lowest BCUT2D eigenvalue weighted by atomic mass is 10.0. The van der Waals surface area contributed by atoms with Crippen LogP contribution in [0.5, 0.6) is 5.75 Å². The van der Waals surface area contributed by atoms with Gasteiger partial charge in [0.25, 0.3) is 11.8 Å². The molecule has 2 heterocycles. The molecule has 0 spiro atoms. The molecule has 2 aromatic carbocycles. The number of rotatable bonds is 7. The largest absolute Gasteiger partial charge is 0.460 e. The van der Waals surface area contributed by atoms with E-state index in [-0.39, 0.29) is 39.9 Å². The van der Waals surface area contributed by atoms with Crippen LogP contribution in [0.3, 0.4) is 0 Å². The number of aromatic nitrogens is 1. The second-order valence-corrected chi connectivity index (χ2v) is 8.40. The molecule has 2 unspecified atom stereocenters. The fourth-order valence-electron chi connectivity index (χ4n) is 3.71. The third-order valence-electron chi connectivity index (χ3n) is 5.38. The summed E-state index contributed by atoms with van der Waals surface area (Å²) < 4.78 is 51.6. The first kappa shape index (κ1) is 25.0. The molecule has 8 nitrogen and oxygen atoms in total. The van der Waals surface area contributed by atoms with Crippen molar-refractivity contribution in [3.63, 3.8) is 0 Å². The van der Waals surface area contributed by atoms with E-state index in [4.69, 9.17) is 9.15 Å². The van der Waals surface area contributed by atoms with Gasteiger partial charge in [0.1, 0.15) is 11.5 Å². The molecule has 1 N–H and O–H groups in total. The van der Waals surface area contributed by atoms with Crippen molar-refractivity contribution in [1.29, 1.82) is 0 Å². The van der Waals surface area contributed by atoms with Gasteiger partial charge < -0.3 is 14.5 Å². The molecule has 0 saturated heterocycles. The Hall–Kier alpha value is -4.15. The van der Waals surface area contributed by atoms with E-state index in [0.717, 1.165) is 18.0 Å². The number of benzene rings is 2. The van der Waals surface area contributed by atoms with Crippen molar-refractivity contribution in [3.8, 4) is 17.2 Å². The Kier molecular flexibility index (Phi) is 6.57. The van der Waals surface area contributed by atoms with Crippen LogP contribution in [0.15, 0.2) is 58.2 Å². The summed E-state index contributed by atoms with van der Waals surface area (Å²) >= 11 is 0. The Balaban J connectivity index is 1.60. The molecule has 4 rings (SSSR count). The van der Waals surface area contributed by atoms with E-state index < -0.39 is 30.0 Å². The highest BCUT2D eigenvalue weighted by Crippen LogP contribution is 2.36. The summed E-state index contributed by atoms with van der Waals surface area (Å²) in [4.78, 5) is 30.3. The maximum absolute atomic E-state index is 13.7. The predicted octanol–water partition coefficient (Wildman–Crippen LogP) is 5.43. The van der Waals surface area contributed by atoms with Crippen LogP contribution in [0.2, 0.25) is 0 Å². The first-order valence-corrected chi connectivity index (χ1v) is 11.0. The second kappa shape index (κ2) is 9.48. The normalized spacial score (nSPS) is 16.6. The molecule has 1 aromatic heterocycles. The van der Waals surface area contributed by atoms with Crippen molar-refractivity contribution in [3.05, 3.63) is 60.0 Å². The molecule has 0 aliphatic carbocycles. The lowest BCUT2D eigenvalue weighted by molar-refractivity contribution is -0.127. The first-order chi connectivity index (χ1) is 16.9. The van der Waals surface area contributed by atoms with Crippen molar-refractivity contribution in [2.45, 2.75) is 40.0 Å². The molecule has 1 aliphatic rings. The fourth-order valence-corrected chi connectivity index (χ4v) is 3.71. The number of oxazole rings is 1. The van der Waals surface area contributed by atoms with Crippen molar-refractivity contribution in [2.24, 2.45) is 11.0 Å². The van der Waals surface area contributed by atoms with Gasteiger partial charge in [0.05, 0.1) is 23.2 Å². The molecule has 3 aromatic rings.